The van der Waals surface area contributed by atoms with Gasteiger partial charge in [0.2, 0.25) is 0 Å². The van der Waals surface area contributed by atoms with Crippen LogP contribution in [0.25, 0.3) is 0 Å². The Hall–Kier alpha value is -1.29. The third-order valence-electron chi connectivity index (χ3n) is 2.76. The first-order chi connectivity index (χ1) is 7.90. The lowest BCUT2D eigenvalue weighted by molar-refractivity contribution is 0.354. The van der Waals surface area contributed by atoms with Crippen molar-refractivity contribution in [3.8, 4) is 11.5 Å². The van der Waals surface area contributed by atoms with Gasteiger partial charge in [-0.1, -0.05) is 32.1 Å². The van der Waals surface area contributed by atoms with Crippen LogP contribution in [0.5, 0.6) is 11.5 Å². The Morgan fingerprint density at radius 1 is 1.24 bits per heavy atom. The second-order valence-corrected chi connectivity index (χ2v) is 5.05. The molecule has 0 aromatic heterocycles. The summed E-state index contributed by atoms with van der Waals surface area (Å²) in [5.74, 6) is 1.45. The molecule has 0 bridgehead atoms. The van der Waals surface area contributed by atoms with Crippen molar-refractivity contribution < 1.29 is 9.47 Å². The first-order valence-corrected chi connectivity index (χ1v) is 5.82. The van der Waals surface area contributed by atoms with E-state index in [1.165, 1.54) is 0 Å². The van der Waals surface area contributed by atoms with Gasteiger partial charge in [-0.05, 0) is 24.1 Å². The van der Waals surface area contributed by atoms with Crippen molar-refractivity contribution in [1.82, 2.24) is 0 Å². The van der Waals surface area contributed by atoms with E-state index in [4.69, 9.17) is 27.4 Å². The van der Waals surface area contributed by atoms with Crippen molar-refractivity contribution in [2.75, 3.05) is 14.2 Å². The summed E-state index contributed by atoms with van der Waals surface area (Å²) in [7, 11) is 3.25. The fraction of sp³-hybridized carbons (Fsp3) is 0.462. The van der Waals surface area contributed by atoms with E-state index < -0.39 is 0 Å². The molecule has 0 radical (unpaired) electrons. The van der Waals surface area contributed by atoms with Crippen LogP contribution in [0.4, 0.5) is 0 Å². The molecule has 0 aliphatic heterocycles. The first kappa shape index (κ1) is 13.8. The van der Waals surface area contributed by atoms with Gasteiger partial charge in [0.25, 0.3) is 0 Å². The van der Waals surface area contributed by atoms with Crippen molar-refractivity contribution in [2.24, 2.45) is 11.1 Å². The molecule has 0 spiro atoms. The number of rotatable bonds is 5. The lowest BCUT2D eigenvalue weighted by atomic mass is 9.86. The number of thiocarbonyl (C=S) groups is 1. The van der Waals surface area contributed by atoms with Gasteiger partial charge in [0.1, 0.15) is 0 Å². The minimum absolute atomic E-state index is 0.199. The summed E-state index contributed by atoms with van der Waals surface area (Å²) in [5.41, 5.74) is 6.65. The SMILES string of the molecule is COc1ccc(CC(C)(C)C(N)=S)cc1OC. The lowest BCUT2D eigenvalue weighted by Gasteiger charge is -2.23. The Bertz CT molecular complexity index is 416. The standard InChI is InChI=1S/C13H19NO2S/c1-13(2,12(14)17)8-9-5-6-10(15-3)11(7-9)16-4/h5-7H,8H2,1-4H3,(H2,14,17). The molecule has 2 N–H and O–H groups in total. The summed E-state index contributed by atoms with van der Waals surface area (Å²) < 4.78 is 10.5. The number of ether oxygens (including phenoxy) is 2. The van der Waals surface area contributed by atoms with Crippen LogP contribution in [0.1, 0.15) is 19.4 Å². The molecule has 0 heterocycles. The summed E-state index contributed by atoms with van der Waals surface area (Å²) in [6, 6.07) is 5.85. The van der Waals surface area contributed by atoms with Gasteiger partial charge in [0.15, 0.2) is 11.5 Å². The molecule has 0 saturated carbocycles. The van der Waals surface area contributed by atoms with Gasteiger partial charge in [-0.2, -0.15) is 0 Å². The maximum absolute atomic E-state index is 5.72. The van der Waals surface area contributed by atoms with Crippen molar-refractivity contribution >= 4 is 17.2 Å². The molecule has 1 rings (SSSR count). The fourth-order valence-electron chi connectivity index (χ4n) is 1.59. The predicted molar refractivity (Wildman–Crippen MR) is 73.8 cm³/mol. The van der Waals surface area contributed by atoms with Crippen molar-refractivity contribution in [1.29, 1.82) is 0 Å². The molecule has 4 heteroatoms. The van der Waals surface area contributed by atoms with Crippen LogP contribution in [-0.4, -0.2) is 19.2 Å². The van der Waals surface area contributed by atoms with Crippen LogP contribution in [0.15, 0.2) is 18.2 Å². The Kier molecular flexibility index (Phi) is 4.34. The Morgan fingerprint density at radius 3 is 2.29 bits per heavy atom. The predicted octanol–water partition coefficient (Wildman–Crippen LogP) is 2.56. The Morgan fingerprint density at radius 2 is 1.82 bits per heavy atom. The molecular formula is C13H19NO2S. The summed E-state index contributed by atoms with van der Waals surface area (Å²) in [4.78, 5) is 0.521. The molecular weight excluding hydrogens is 234 g/mol. The van der Waals surface area contributed by atoms with Crippen LogP contribution < -0.4 is 15.2 Å². The van der Waals surface area contributed by atoms with E-state index in [1.54, 1.807) is 14.2 Å². The average molecular weight is 253 g/mol. The number of hydrogen-bond donors (Lipinski definition) is 1. The van der Waals surface area contributed by atoms with E-state index in [-0.39, 0.29) is 5.41 Å². The van der Waals surface area contributed by atoms with Gasteiger partial charge >= 0.3 is 0 Å². The third-order valence-corrected chi connectivity index (χ3v) is 3.31. The van der Waals surface area contributed by atoms with E-state index >= 15 is 0 Å². The summed E-state index contributed by atoms with van der Waals surface area (Å²) in [6.07, 6.45) is 0.780. The van der Waals surface area contributed by atoms with Crippen LogP contribution in [0.2, 0.25) is 0 Å². The number of hydrogen-bond acceptors (Lipinski definition) is 3. The van der Waals surface area contributed by atoms with Crippen LogP contribution in [-0.2, 0) is 6.42 Å². The van der Waals surface area contributed by atoms with Gasteiger partial charge in [-0.25, -0.2) is 0 Å². The molecule has 94 valence electrons. The molecule has 0 amide bonds. The smallest absolute Gasteiger partial charge is 0.160 e. The molecule has 1 aromatic rings. The summed E-state index contributed by atoms with van der Waals surface area (Å²) in [5, 5.41) is 0. The molecule has 0 aliphatic rings. The van der Waals surface area contributed by atoms with E-state index in [0.29, 0.717) is 4.99 Å². The van der Waals surface area contributed by atoms with E-state index in [9.17, 15) is 0 Å². The number of methoxy groups -OCH3 is 2. The van der Waals surface area contributed by atoms with Crippen LogP contribution in [0.3, 0.4) is 0 Å². The van der Waals surface area contributed by atoms with Crippen molar-refractivity contribution in [2.45, 2.75) is 20.3 Å². The molecule has 0 aliphatic carbocycles. The largest absolute Gasteiger partial charge is 0.493 e. The highest BCUT2D eigenvalue weighted by Gasteiger charge is 2.22. The molecule has 17 heavy (non-hydrogen) atoms. The minimum atomic E-state index is -0.199. The quantitative estimate of drug-likeness (QED) is 0.819. The van der Waals surface area contributed by atoms with Crippen molar-refractivity contribution in [3.63, 3.8) is 0 Å². The van der Waals surface area contributed by atoms with Gasteiger partial charge in [-0.3, -0.25) is 0 Å². The maximum Gasteiger partial charge on any atom is 0.160 e. The van der Waals surface area contributed by atoms with Crippen LogP contribution in [0, 0.1) is 5.41 Å². The van der Waals surface area contributed by atoms with E-state index in [1.807, 2.05) is 32.0 Å². The highest BCUT2D eigenvalue weighted by Crippen LogP contribution is 2.30. The second-order valence-electron chi connectivity index (χ2n) is 4.61. The minimum Gasteiger partial charge on any atom is -0.493 e. The number of nitrogens with two attached hydrogens (primary N) is 1. The maximum atomic E-state index is 5.72. The monoisotopic (exact) mass is 253 g/mol. The summed E-state index contributed by atoms with van der Waals surface area (Å²) in [6.45, 7) is 4.07. The second kappa shape index (κ2) is 5.36. The van der Waals surface area contributed by atoms with E-state index in [2.05, 4.69) is 0 Å². The molecule has 1 aromatic carbocycles. The number of benzene rings is 1. The molecule has 0 saturated heterocycles. The summed E-state index contributed by atoms with van der Waals surface area (Å²) >= 11 is 5.06. The third kappa shape index (κ3) is 3.33. The normalized spacial score (nSPS) is 11.1. The van der Waals surface area contributed by atoms with E-state index in [0.717, 1.165) is 23.5 Å². The van der Waals surface area contributed by atoms with Crippen molar-refractivity contribution in [3.05, 3.63) is 23.8 Å². The highest BCUT2D eigenvalue weighted by atomic mass is 32.1. The van der Waals surface area contributed by atoms with Gasteiger partial charge in [0.05, 0.1) is 19.2 Å². The highest BCUT2D eigenvalue weighted by molar-refractivity contribution is 7.80. The molecule has 3 nitrogen and oxygen atoms in total. The molecule has 0 unspecified atom stereocenters. The van der Waals surface area contributed by atoms with Gasteiger partial charge < -0.3 is 15.2 Å². The van der Waals surface area contributed by atoms with Crippen LogP contribution >= 0.6 is 12.2 Å². The zero-order valence-electron chi connectivity index (χ0n) is 10.7. The Balaban J connectivity index is 2.97. The van der Waals surface area contributed by atoms with Gasteiger partial charge in [0, 0.05) is 5.41 Å². The topological polar surface area (TPSA) is 44.5 Å². The van der Waals surface area contributed by atoms with Gasteiger partial charge in [-0.15, -0.1) is 0 Å². The average Bonchev–Trinajstić information content (AvgIpc) is 2.28. The first-order valence-electron chi connectivity index (χ1n) is 5.41. The molecule has 0 atom stereocenters. The Labute approximate surface area is 108 Å². The lowest BCUT2D eigenvalue weighted by Crippen LogP contribution is -2.31. The fourth-order valence-corrected chi connectivity index (χ4v) is 1.66. The zero-order chi connectivity index (χ0) is 13.1. The molecule has 0 fully saturated rings. The zero-order valence-corrected chi connectivity index (χ0v) is 11.6.